The number of rotatable bonds is 9. The van der Waals surface area contributed by atoms with Gasteiger partial charge < -0.3 is 14.7 Å². The van der Waals surface area contributed by atoms with Crippen LogP contribution in [0.1, 0.15) is 25.3 Å². The Hall–Kier alpha value is -3.28. The lowest BCUT2D eigenvalue weighted by atomic mass is 10.2. The van der Waals surface area contributed by atoms with Crippen LogP contribution in [0.4, 0.5) is 11.4 Å². The summed E-state index contributed by atoms with van der Waals surface area (Å²) in [4.78, 5) is 26.4. The number of nitro groups is 1. The van der Waals surface area contributed by atoms with Gasteiger partial charge in [0.2, 0.25) is 5.75 Å². The highest BCUT2D eigenvalue weighted by Crippen LogP contribution is 2.45. The molecule has 0 radical (unpaired) electrons. The summed E-state index contributed by atoms with van der Waals surface area (Å²) in [5.74, 6) is 0.324. The van der Waals surface area contributed by atoms with Gasteiger partial charge in [-0.15, -0.1) is 0 Å². The van der Waals surface area contributed by atoms with Crippen LogP contribution >= 0.6 is 23.5 Å². The molecule has 0 spiro atoms. The molecule has 0 bridgehead atoms. The van der Waals surface area contributed by atoms with Crippen molar-refractivity contribution in [3.05, 3.63) is 79.7 Å². The molecule has 0 unspecified atom stereocenters. The lowest BCUT2D eigenvalue weighted by Crippen LogP contribution is -2.44. The number of benzene rings is 2. The van der Waals surface area contributed by atoms with Gasteiger partial charge in [0.15, 0.2) is 5.75 Å². The van der Waals surface area contributed by atoms with Crippen molar-refractivity contribution in [2.75, 3.05) is 37.7 Å². The fourth-order valence-corrected chi connectivity index (χ4v) is 5.47. The van der Waals surface area contributed by atoms with E-state index in [0.717, 1.165) is 12.8 Å². The average Bonchev–Trinajstić information content (AvgIpc) is 3.63. The van der Waals surface area contributed by atoms with Gasteiger partial charge in [-0.3, -0.25) is 14.9 Å². The summed E-state index contributed by atoms with van der Waals surface area (Å²) in [6.07, 6.45) is 3.82. The summed E-state index contributed by atoms with van der Waals surface area (Å²) < 4.78 is 9.61. The quantitative estimate of drug-likeness (QED) is 0.228. The minimum Gasteiger partial charge on any atom is -0.502 e. The van der Waals surface area contributed by atoms with Crippen molar-refractivity contribution in [1.29, 1.82) is 0 Å². The normalized spacial score (nSPS) is 16.8. The Bertz CT molecular complexity index is 1410. The van der Waals surface area contributed by atoms with Gasteiger partial charge >= 0.3 is 11.2 Å². The Labute approximate surface area is 229 Å². The minimum atomic E-state index is -0.550. The van der Waals surface area contributed by atoms with Gasteiger partial charge in [0, 0.05) is 47.9 Å². The van der Waals surface area contributed by atoms with Gasteiger partial charge in [0.05, 0.1) is 23.4 Å². The zero-order valence-electron chi connectivity index (χ0n) is 20.9. The maximum atomic E-state index is 13.5. The van der Waals surface area contributed by atoms with Crippen LogP contribution in [0.2, 0.25) is 5.02 Å². The number of para-hydroxylation sites is 1. The molecule has 10 nitrogen and oxygen atoms in total. The molecular weight excluding hydrogens is 530 g/mol. The maximum Gasteiger partial charge on any atom is 0.316 e. The van der Waals surface area contributed by atoms with E-state index in [4.69, 9.17) is 16.3 Å². The number of halogens is 1. The highest BCUT2D eigenvalue weighted by atomic mass is 35.5. The highest BCUT2D eigenvalue weighted by molar-refractivity contribution is 7.96. The van der Waals surface area contributed by atoms with Gasteiger partial charge in [-0.1, -0.05) is 48.7 Å². The predicted octanol–water partition coefficient (Wildman–Crippen LogP) is 4.65. The van der Waals surface area contributed by atoms with Gasteiger partial charge in [-0.25, -0.2) is 4.31 Å². The Morgan fingerprint density at radius 3 is 2.61 bits per heavy atom. The largest absolute Gasteiger partial charge is 0.502 e. The van der Waals surface area contributed by atoms with E-state index in [1.807, 2.05) is 0 Å². The molecule has 2 aromatic carbocycles. The third kappa shape index (κ3) is 5.74. The summed E-state index contributed by atoms with van der Waals surface area (Å²) in [6, 6.07) is 11.6. The van der Waals surface area contributed by atoms with E-state index in [0.29, 0.717) is 60.5 Å². The number of phenolic OH excluding ortho intramolecular Hbond substituents is 1. The number of piperazine rings is 1. The minimum absolute atomic E-state index is 0.0949. The molecule has 2 fully saturated rings. The zero-order chi connectivity index (χ0) is 26.9. The molecule has 0 amide bonds. The van der Waals surface area contributed by atoms with Gasteiger partial charge in [0.1, 0.15) is 5.69 Å². The number of anilines is 1. The number of phenols is 1. The van der Waals surface area contributed by atoms with E-state index < -0.39 is 4.92 Å². The van der Waals surface area contributed by atoms with Crippen molar-refractivity contribution in [2.45, 2.75) is 25.5 Å². The fourth-order valence-electron chi connectivity index (χ4n) is 4.31. The first-order chi connectivity index (χ1) is 18.2. The van der Waals surface area contributed by atoms with Crippen molar-refractivity contribution in [2.24, 2.45) is 5.41 Å². The summed E-state index contributed by atoms with van der Waals surface area (Å²) in [5.41, 5.74) is 1.21. The second-order valence-corrected chi connectivity index (χ2v) is 11.4. The number of nitro benzene ring substituents is 1. The Morgan fingerprint density at radius 2 is 1.92 bits per heavy atom. The van der Waals surface area contributed by atoms with Crippen LogP contribution in [-0.2, 0) is 5.75 Å². The van der Waals surface area contributed by atoms with Crippen LogP contribution < -0.4 is 15.2 Å². The first-order valence-electron chi connectivity index (χ1n) is 12.3. The molecule has 0 atom stereocenters. The number of hydrogen-bond donors (Lipinski definition) is 1. The van der Waals surface area contributed by atoms with E-state index in [2.05, 4.69) is 21.2 Å². The molecule has 1 saturated heterocycles. The fraction of sp³-hybridized carbons (Fsp3) is 0.385. The molecule has 1 N–H and O–H groups in total. The molecule has 200 valence electrons. The van der Waals surface area contributed by atoms with Crippen LogP contribution in [0.5, 0.6) is 11.5 Å². The van der Waals surface area contributed by atoms with Crippen molar-refractivity contribution in [3.63, 3.8) is 0 Å². The van der Waals surface area contributed by atoms with Crippen LogP contribution in [-0.4, -0.2) is 56.9 Å². The topological polar surface area (TPSA) is 114 Å². The first-order valence-corrected chi connectivity index (χ1v) is 13.7. The molecule has 5 rings (SSSR count). The number of nitrogens with zero attached hydrogens (tertiary/aromatic N) is 5. The van der Waals surface area contributed by atoms with Crippen LogP contribution in [0.15, 0.2) is 53.5 Å². The molecule has 1 aliphatic heterocycles. The molecule has 2 aliphatic rings. The second kappa shape index (κ2) is 10.8. The molecular formula is C26H28ClN5O5S. The standard InChI is InChI=1S/C26H28ClN5O5S/c1-26(8-9-26)17-37-24-21(15-28-31(25(24)34)20-6-3-5-19(27)14-20)29-10-12-30(13-11-29)38-16-18-4-2-7-22(33)23(18)32(35)36/h2-7,14-15,33H,8-13,16-17H2,1H3. The average molecular weight is 558 g/mol. The van der Waals surface area contributed by atoms with Crippen LogP contribution in [0.25, 0.3) is 5.69 Å². The van der Waals surface area contributed by atoms with Gasteiger partial charge in [-0.05, 0) is 37.1 Å². The van der Waals surface area contributed by atoms with E-state index in [1.54, 1.807) is 42.6 Å². The summed E-state index contributed by atoms with van der Waals surface area (Å²) in [5, 5.41) is 26.2. The summed E-state index contributed by atoms with van der Waals surface area (Å²) in [7, 11) is 0. The first kappa shape index (κ1) is 26.3. The number of aromatic nitrogens is 2. The number of hydrogen-bond acceptors (Lipinski definition) is 9. The molecule has 2 heterocycles. The van der Waals surface area contributed by atoms with E-state index in [1.165, 1.54) is 22.7 Å². The lowest BCUT2D eigenvalue weighted by Gasteiger charge is -2.35. The van der Waals surface area contributed by atoms with Gasteiger partial charge in [0.25, 0.3) is 0 Å². The Morgan fingerprint density at radius 1 is 1.18 bits per heavy atom. The van der Waals surface area contributed by atoms with Gasteiger partial charge in [-0.2, -0.15) is 9.78 Å². The molecule has 3 aromatic rings. The number of ether oxygens (including phenoxy) is 1. The predicted molar refractivity (Wildman–Crippen MR) is 148 cm³/mol. The Balaban J connectivity index is 1.31. The summed E-state index contributed by atoms with van der Waals surface area (Å²) >= 11 is 7.63. The molecule has 1 aromatic heterocycles. The SMILES string of the molecule is CC1(COc2c(N3CCN(SCc4cccc(O)c4[N+](=O)[O-])CC3)cnn(-c3cccc(Cl)c3)c2=O)CC1. The number of aromatic hydroxyl groups is 1. The molecule has 12 heteroatoms. The molecule has 1 saturated carbocycles. The van der Waals surface area contributed by atoms with Crippen LogP contribution in [0.3, 0.4) is 0 Å². The second-order valence-electron chi connectivity index (χ2n) is 9.89. The third-order valence-corrected chi connectivity index (χ3v) is 8.30. The maximum absolute atomic E-state index is 13.5. The van der Waals surface area contributed by atoms with Crippen molar-refractivity contribution >= 4 is 34.9 Å². The van der Waals surface area contributed by atoms with Crippen molar-refractivity contribution in [1.82, 2.24) is 14.1 Å². The van der Waals surface area contributed by atoms with E-state index in [-0.39, 0.29) is 28.2 Å². The van der Waals surface area contributed by atoms with Crippen molar-refractivity contribution < 1.29 is 14.8 Å². The molecule has 38 heavy (non-hydrogen) atoms. The lowest BCUT2D eigenvalue weighted by molar-refractivity contribution is -0.386. The van der Waals surface area contributed by atoms with Crippen LogP contribution in [0, 0.1) is 15.5 Å². The third-order valence-electron chi connectivity index (χ3n) is 6.90. The molecule has 1 aliphatic carbocycles. The van der Waals surface area contributed by atoms with Crippen molar-refractivity contribution in [3.8, 4) is 17.2 Å². The highest BCUT2D eigenvalue weighted by Gasteiger charge is 2.39. The Kier molecular flexibility index (Phi) is 7.51. The smallest absolute Gasteiger partial charge is 0.316 e. The zero-order valence-corrected chi connectivity index (χ0v) is 22.5. The van der Waals surface area contributed by atoms with E-state index in [9.17, 15) is 20.0 Å². The summed E-state index contributed by atoms with van der Waals surface area (Å²) in [6.45, 7) is 5.22. The van der Waals surface area contributed by atoms with E-state index >= 15 is 0 Å². The monoisotopic (exact) mass is 557 g/mol.